The minimum absolute atomic E-state index is 0.440. The summed E-state index contributed by atoms with van der Waals surface area (Å²) >= 11 is 0. The standard InChI is InChI=1S/C21H33N5/c1-4-5-6-7-8-18(2)25-21(22-3)24-15-19-9-11-20(12-10-19)16-26-14-13-23-17-26/h9-14,17-18H,4-8,15-16H2,1-3H3,(H2,22,24,25). The summed E-state index contributed by atoms with van der Waals surface area (Å²) in [5, 5.41) is 6.89. The van der Waals surface area contributed by atoms with Crippen LogP contribution in [0.15, 0.2) is 48.0 Å². The van der Waals surface area contributed by atoms with Crippen molar-refractivity contribution in [2.24, 2.45) is 4.99 Å². The molecule has 0 fully saturated rings. The van der Waals surface area contributed by atoms with Crippen LogP contribution < -0.4 is 10.6 Å². The molecule has 2 aromatic rings. The van der Waals surface area contributed by atoms with E-state index in [4.69, 9.17) is 0 Å². The van der Waals surface area contributed by atoms with Gasteiger partial charge < -0.3 is 15.2 Å². The molecule has 0 spiro atoms. The van der Waals surface area contributed by atoms with Crippen molar-refractivity contribution in [3.63, 3.8) is 0 Å². The molecule has 1 aromatic heterocycles. The second-order valence-corrected chi connectivity index (χ2v) is 6.87. The molecule has 5 heteroatoms. The van der Waals surface area contributed by atoms with Crippen LogP contribution >= 0.6 is 0 Å². The third-order valence-electron chi connectivity index (χ3n) is 4.50. The van der Waals surface area contributed by atoms with Gasteiger partial charge in [-0.25, -0.2) is 4.98 Å². The highest BCUT2D eigenvalue weighted by Gasteiger charge is 2.05. The lowest BCUT2D eigenvalue weighted by atomic mass is 10.1. The summed E-state index contributed by atoms with van der Waals surface area (Å²) < 4.78 is 2.07. The minimum Gasteiger partial charge on any atom is -0.354 e. The minimum atomic E-state index is 0.440. The van der Waals surface area contributed by atoms with Crippen molar-refractivity contribution in [1.82, 2.24) is 20.2 Å². The van der Waals surface area contributed by atoms with Crippen LogP contribution in [0.1, 0.15) is 57.1 Å². The molecule has 0 saturated heterocycles. The molecule has 142 valence electrons. The SMILES string of the molecule is CCCCCCC(C)NC(=NC)NCc1ccc(Cn2ccnc2)cc1. The second-order valence-electron chi connectivity index (χ2n) is 6.87. The Morgan fingerprint density at radius 3 is 2.58 bits per heavy atom. The molecule has 1 heterocycles. The lowest BCUT2D eigenvalue weighted by molar-refractivity contribution is 0.537. The number of nitrogens with one attached hydrogen (secondary N) is 2. The second kappa shape index (κ2) is 11.3. The zero-order chi connectivity index (χ0) is 18.6. The first-order valence-electron chi connectivity index (χ1n) is 9.72. The summed E-state index contributed by atoms with van der Waals surface area (Å²) in [5.41, 5.74) is 2.52. The summed E-state index contributed by atoms with van der Waals surface area (Å²) in [6.45, 7) is 6.10. The van der Waals surface area contributed by atoms with Gasteiger partial charge in [-0.1, -0.05) is 56.9 Å². The van der Waals surface area contributed by atoms with Crippen molar-refractivity contribution in [2.45, 2.75) is 65.1 Å². The fraction of sp³-hybridized carbons (Fsp3) is 0.524. The zero-order valence-corrected chi connectivity index (χ0v) is 16.4. The fourth-order valence-electron chi connectivity index (χ4n) is 2.92. The lowest BCUT2D eigenvalue weighted by Gasteiger charge is -2.18. The molecule has 1 unspecified atom stereocenters. The average Bonchev–Trinajstić information content (AvgIpc) is 3.16. The number of rotatable bonds is 10. The Morgan fingerprint density at radius 2 is 1.92 bits per heavy atom. The first-order valence-corrected chi connectivity index (χ1v) is 9.72. The Kier molecular flexibility index (Phi) is 8.73. The molecule has 0 radical (unpaired) electrons. The van der Waals surface area contributed by atoms with Gasteiger partial charge in [0.1, 0.15) is 0 Å². The van der Waals surface area contributed by atoms with E-state index in [-0.39, 0.29) is 0 Å². The van der Waals surface area contributed by atoms with E-state index in [1.165, 1.54) is 43.2 Å². The first-order chi connectivity index (χ1) is 12.7. The van der Waals surface area contributed by atoms with Gasteiger partial charge >= 0.3 is 0 Å². The van der Waals surface area contributed by atoms with E-state index in [1.54, 1.807) is 0 Å². The lowest BCUT2D eigenvalue weighted by Crippen LogP contribution is -2.41. The van der Waals surface area contributed by atoms with Crippen LogP contribution in [0.4, 0.5) is 0 Å². The summed E-state index contributed by atoms with van der Waals surface area (Å²) in [4.78, 5) is 8.42. The van der Waals surface area contributed by atoms with Crippen molar-refractivity contribution >= 4 is 5.96 Å². The van der Waals surface area contributed by atoms with Gasteiger partial charge in [-0.05, 0) is 24.5 Å². The Labute approximate surface area is 158 Å². The van der Waals surface area contributed by atoms with Crippen LogP contribution in [0.3, 0.4) is 0 Å². The number of guanidine groups is 1. The molecule has 1 atom stereocenters. The Hall–Kier alpha value is -2.30. The smallest absolute Gasteiger partial charge is 0.191 e. The van der Waals surface area contributed by atoms with Gasteiger partial charge in [-0.3, -0.25) is 4.99 Å². The molecule has 0 bridgehead atoms. The molecule has 0 aliphatic rings. The number of aliphatic imine (C=N–C) groups is 1. The van der Waals surface area contributed by atoms with Crippen LogP contribution in [0.5, 0.6) is 0 Å². The maximum Gasteiger partial charge on any atom is 0.191 e. The number of imidazole rings is 1. The van der Waals surface area contributed by atoms with E-state index < -0.39 is 0 Å². The average molecular weight is 356 g/mol. The van der Waals surface area contributed by atoms with Gasteiger partial charge in [-0.2, -0.15) is 0 Å². The number of unbranched alkanes of at least 4 members (excludes halogenated alkanes) is 3. The molecule has 2 rings (SSSR count). The van der Waals surface area contributed by atoms with Gasteiger partial charge in [0, 0.05) is 38.6 Å². The molecular weight excluding hydrogens is 322 g/mol. The van der Waals surface area contributed by atoms with Crippen LogP contribution in [-0.4, -0.2) is 28.6 Å². The van der Waals surface area contributed by atoms with Crippen molar-refractivity contribution in [2.75, 3.05) is 7.05 Å². The number of benzene rings is 1. The zero-order valence-electron chi connectivity index (χ0n) is 16.4. The molecule has 0 aliphatic carbocycles. The maximum absolute atomic E-state index is 4.34. The molecular formula is C21H33N5. The Morgan fingerprint density at radius 1 is 1.15 bits per heavy atom. The van der Waals surface area contributed by atoms with E-state index >= 15 is 0 Å². The topological polar surface area (TPSA) is 54.2 Å². The van der Waals surface area contributed by atoms with E-state index in [0.29, 0.717) is 6.04 Å². The summed E-state index contributed by atoms with van der Waals surface area (Å²) in [7, 11) is 1.83. The largest absolute Gasteiger partial charge is 0.354 e. The van der Waals surface area contributed by atoms with Gasteiger partial charge in [0.15, 0.2) is 5.96 Å². The molecule has 5 nitrogen and oxygen atoms in total. The molecule has 0 amide bonds. The predicted molar refractivity (Wildman–Crippen MR) is 109 cm³/mol. The summed E-state index contributed by atoms with van der Waals surface area (Å²) in [5.74, 6) is 0.871. The van der Waals surface area contributed by atoms with Gasteiger partial charge in [0.05, 0.1) is 6.33 Å². The van der Waals surface area contributed by atoms with Gasteiger partial charge in [0.2, 0.25) is 0 Å². The summed E-state index contributed by atoms with van der Waals surface area (Å²) in [6, 6.07) is 9.12. The molecule has 26 heavy (non-hydrogen) atoms. The van der Waals surface area contributed by atoms with Crippen molar-refractivity contribution in [1.29, 1.82) is 0 Å². The first kappa shape index (κ1) is 20.0. The molecule has 0 aliphatic heterocycles. The van der Waals surface area contributed by atoms with E-state index in [0.717, 1.165) is 19.0 Å². The number of hydrogen-bond donors (Lipinski definition) is 2. The van der Waals surface area contributed by atoms with E-state index in [9.17, 15) is 0 Å². The molecule has 1 aromatic carbocycles. The van der Waals surface area contributed by atoms with Crippen LogP contribution in [0.2, 0.25) is 0 Å². The maximum atomic E-state index is 4.34. The number of nitrogens with zero attached hydrogens (tertiary/aromatic N) is 3. The molecule has 0 saturated carbocycles. The normalized spacial score (nSPS) is 12.8. The predicted octanol–water partition coefficient (Wildman–Crippen LogP) is 3.96. The van der Waals surface area contributed by atoms with Gasteiger partial charge in [0.25, 0.3) is 0 Å². The van der Waals surface area contributed by atoms with Crippen LogP contribution in [0, 0.1) is 0 Å². The number of aromatic nitrogens is 2. The summed E-state index contributed by atoms with van der Waals surface area (Å²) in [6.07, 6.45) is 12.0. The molecule has 2 N–H and O–H groups in total. The van der Waals surface area contributed by atoms with Crippen LogP contribution in [-0.2, 0) is 13.1 Å². The fourth-order valence-corrected chi connectivity index (χ4v) is 2.92. The van der Waals surface area contributed by atoms with Gasteiger partial charge in [-0.15, -0.1) is 0 Å². The van der Waals surface area contributed by atoms with Crippen molar-refractivity contribution < 1.29 is 0 Å². The highest BCUT2D eigenvalue weighted by Crippen LogP contribution is 2.07. The third kappa shape index (κ3) is 7.30. The van der Waals surface area contributed by atoms with Crippen molar-refractivity contribution in [3.05, 3.63) is 54.1 Å². The van der Waals surface area contributed by atoms with E-state index in [1.807, 2.05) is 25.8 Å². The Balaban J connectivity index is 1.73. The number of hydrogen-bond acceptors (Lipinski definition) is 2. The van der Waals surface area contributed by atoms with Crippen LogP contribution in [0.25, 0.3) is 0 Å². The van der Waals surface area contributed by atoms with Crippen molar-refractivity contribution in [3.8, 4) is 0 Å². The Bertz CT molecular complexity index is 631. The monoisotopic (exact) mass is 355 g/mol. The van der Waals surface area contributed by atoms with E-state index in [2.05, 4.69) is 63.3 Å². The quantitative estimate of drug-likeness (QED) is 0.385. The highest BCUT2D eigenvalue weighted by molar-refractivity contribution is 5.79. The third-order valence-corrected chi connectivity index (χ3v) is 4.50. The highest BCUT2D eigenvalue weighted by atomic mass is 15.2.